The molecule has 3 heteroatoms. The van der Waals surface area contributed by atoms with Gasteiger partial charge in [0.2, 0.25) is 0 Å². The average Bonchev–Trinajstić information content (AvgIpc) is 2.43. The first-order chi connectivity index (χ1) is 7.53. The van der Waals surface area contributed by atoms with Gasteiger partial charge in [-0.25, -0.2) is 0 Å². The lowest BCUT2D eigenvalue weighted by Crippen LogP contribution is -2.44. The van der Waals surface area contributed by atoms with Crippen molar-refractivity contribution in [2.24, 2.45) is 0 Å². The van der Waals surface area contributed by atoms with Crippen LogP contribution >= 0.6 is 0 Å². The topological polar surface area (TPSA) is 24.5 Å². The number of ether oxygens (including phenoxy) is 1. The van der Waals surface area contributed by atoms with E-state index in [2.05, 4.69) is 37.9 Å². The molecule has 0 aromatic rings. The molecule has 1 saturated heterocycles. The molecule has 1 N–H and O–H groups in total. The van der Waals surface area contributed by atoms with E-state index in [-0.39, 0.29) is 5.54 Å². The highest BCUT2D eigenvalue weighted by Gasteiger charge is 2.17. The van der Waals surface area contributed by atoms with Gasteiger partial charge in [0.05, 0.1) is 6.10 Å². The van der Waals surface area contributed by atoms with Gasteiger partial charge in [-0.05, 0) is 33.6 Å². The first-order valence-electron chi connectivity index (χ1n) is 6.62. The van der Waals surface area contributed by atoms with Gasteiger partial charge in [-0.2, -0.15) is 0 Å². The van der Waals surface area contributed by atoms with Crippen molar-refractivity contribution < 1.29 is 4.74 Å². The molecule has 0 amide bonds. The summed E-state index contributed by atoms with van der Waals surface area (Å²) in [6, 6.07) is 0. The number of nitrogens with one attached hydrogen (secondary N) is 1. The number of nitrogens with zero attached hydrogens (tertiary/aromatic N) is 1. The van der Waals surface area contributed by atoms with Crippen molar-refractivity contribution in [2.45, 2.75) is 52.2 Å². The smallest absolute Gasteiger partial charge is 0.0673 e. The molecule has 96 valence electrons. The van der Waals surface area contributed by atoms with Crippen LogP contribution in [0.5, 0.6) is 0 Å². The van der Waals surface area contributed by atoms with Crippen LogP contribution in [0, 0.1) is 0 Å². The van der Waals surface area contributed by atoms with E-state index in [4.69, 9.17) is 4.74 Å². The summed E-state index contributed by atoms with van der Waals surface area (Å²) in [5.41, 5.74) is 0.272. The molecule has 1 aliphatic rings. The van der Waals surface area contributed by atoms with Crippen molar-refractivity contribution in [1.82, 2.24) is 10.2 Å². The fraction of sp³-hybridized carbons (Fsp3) is 1.00. The van der Waals surface area contributed by atoms with E-state index < -0.39 is 0 Å². The first kappa shape index (κ1) is 13.9. The van der Waals surface area contributed by atoms with Crippen LogP contribution in [-0.2, 0) is 4.74 Å². The van der Waals surface area contributed by atoms with Gasteiger partial charge in [-0.15, -0.1) is 0 Å². The fourth-order valence-corrected chi connectivity index (χ4v) is 1.96. The number of rotatable bonds is 5. The van der Waals surface area contributed by atoms with Gasteiger partial charge in [0.15, 0.2) is 0 Å². The Morgan fingerprint density at radius 1 is 1.44 bits per heavy atom. The van der Waals surface area contributed by atoms with E-state index in [0.29, 0.717) is 6.10 Å². The molecule has 1 unspecified atom stereocenters. The monoisotopic (exact) mass is 228 g/mol. The Bertz CT molecular complexity index is 194. The van der Waals surface area contributed by atoms with E-state index in [9.17, 15) is 0 Å². The summed E-state index contributed by atoms with van der Waals surface area (Å²) in [5, 5.41) is 3.61. The molecule has 1 atom stereocenters. The second-order valence-corrected chi connectivity index (χ2v) is 5.50. The van der Waals surface area contributed by atoms with Crippen molar-refractivity contribution in [3.63, 3.8) is 0 Å². The molecular weight excluding hydrogens is 200 g/mol. The van der Waals surface area contributed by atoms with Gasteiger partial charge < -0.3 is 10.1 Å². The molecule has 0 spiro atoms. The zero-order valence-corrected chi connectivity index (χ0v) is 11.4. The minimum atomic E-state index is 0.272. The number of hydrogen-bond acceptors (Lipinski definition) is 3. The zero-order chi connectivity index (χ0) is 12.0. The van der Waals surface area contributed by atoms with E-state index in [1.165, 1.54) is 19.4 Å². The van der Waals surface area contributed by atoms with E-state index in [1.807, 2.05) is 0 Å². The largest absolute Gasteiger partial charge is 0.377 e. The summed E-state index contributed by atoms with van der Waals surface area (Å²) in [6.45, 7) is 14.3. The Labute approximate surface area is 101 Å². The SMILES string of the molecule is CCC(C)(C)NCCN1CCCOC(C)C1. The van der Waals surface area contributed by atoms with E-state index in [1.54, 1.807) is 0 Å². The lowest BCUT2D eigenvalue weighted by molar-refractivity contribution is 0.0676. The van der Waals surface area contributed by atoms with Crippen molar-refractivity contribution >= 4 is 0 Å². The van der Waals surface area contributed by atoms with Crippen LogP contribution in [0.15, 0.2) is 0 Å². The highest BCUT2D eigenvalue weighted by atomic mass is 16.5. The Balaban J connectivity index is 2.21. The molecule has 1 heterocycles. The molecule has 3 nitrogen and oxygen atoms in total. The summed E-state index contributed by atoms with van der Waals surface area (Å²) in [6.07, 6.45) is 2.73. The third-order valence-electron chi connectivity index (χ3n) is 3.45. The third-order valence-corrected chi connectivity index (χ3v) is 3.45. The van der Waals surface area contributed by atoms with Gasteiger partial charge >= 0.3 is 0 Å². The molecular formula is C13H28N2O. The summed E-state index contributed by atoms with van der Waals surface area (Å²) in [7, 11) is 0. The lowest BCUT2D eigenvalue weighted by Gasteiger charge is -2.27. The van der Waals surface area contributed by atoms with Crippen LogP contribution in [0.2, 0.25) is 0 Å². The van der Waals surface area contributed by atoms with E-state index in [0.717, 1.165) is 26.2 Å². The predicted octanol–water partition coefficient (Wildman–Crippen LogP) is 1.88. The summed E-state index contributed by atoms with van der Waals surface area (Å²) in [4.78, 5) is 2.51. The van der Waals surface area contributed by atoms with Crippen LogP contribution in [0.25, 0.3) is 0 Å². The predicted molar refractivity (Wildman–Crippen MR) is 68.8 cm³/mol. The van der Waals surface area contributed by atoms with Gasteiger partial charge in [-0.1, -0.05) is 6.92 Å². The summed E-state index contributed by atoms with van der Waals surface area (Å²) in [5.74, 6) is 0. The van der Waals surface area contributed by atoms with Crippen molar-refractivity contribution in [2.75, 3.05) is 32.8 Å². The Kier molecular flexibility index (Phi) is 5.73. The highest BCUT2D eigenvalue weighted by Crippen LogP contribution is 2.07. The maximum Gasteiger partial charge on any atom is 0.0673 e. The minimum absolute atomic E-state index is 0.272. The fourth-order valence-electron chi connectivity index (χ4n) is 1.96. The van der Waals surface area contributed by atoms with Crippen LogP contribution in [0.3, 0.4) is 0 Å². The molecule has 0 radical (unpaired) electrons. The van der Waals surface area contributed by atoms with E-state index >= 15 is 0 Å². The maximum absolute atomic E-state index is 5.64. The molecule has 0 aromatic heterocycles. The normalized spacial score (nSPS) is 24.4. The molecule has 0 aliphatic carbocycles. The Hall–Kier alpha value is -0.120. The van der Waals surface area contributed by atoms with Gasteiger partial charge in [-0.3, -0.25) is 4.90 Å². The van der Waals surface area contributed by atoms with Crippen LogP contribution in [-0.4, -0.2) is 49.3 Å². The van der Waals surface area contributed by atoms with Gasteiger partial charge in [0.1, 0.15) is 0 Å². The quantitative estimate of drug-likeness (QED) is 0.777. The van der Waals surface area contributed by atoms with Crippen LogP contribution < -0.4 is 5.32 Å². The molecule has 16 heavy (non-hydrogen) atoms. The first-order valence-corrected chi connectivity index (χ1v) is 6.62. The second kappa shape index (κ2) is 6.58. The zero-order valence-electron chi connectivity index (χ0n) is 11.4. The van der Waals surface area contributed by atoms with Gasteiger partial charge in [0, 0.05) is 38.3 Å². The van der Waals surface area contributed by atoms with Crippen molar-refractivity contribution in [3.05, 3.63) is 0 Å². The molecule has 1 rings (SSSR count). The second-order valence-electron chi connectivity index (χ2n) is 5.50. The third kappa shape index (κ3) is 5.28. The molecule has 1 aliphatic heterocycles. The summed E-state index contributed by atoms with van der Waals surface area (Å²) < 4.78 is 5.64. The Morgan fingerprint density at radius 2 is 2.19 bits per heavy atom. The highest BCUT2D eigenvalue weighted by molar-refractivity contribution is 4.76. The minimum Gasteiger partial charge on any atom is -0.377 e. The van der Waals surface area contributed by atoms with Crippen LogP contribution in [0.4, 0.5) is 0 Å². The number of hydrogen-bond donors (Lipinski definition) is 1. The average molecular weight is 228 g/mol. The standard InChI is InChI=1S/C13H28N2O/c1-5-13(3,4)14-7-9-15-8-6-10-16-12(2)11-15/h12,14H,5-11H2,1-4H3. The molecule has 1 fully saturated rings. The van der Waals surface area contributed by atoms with Crippen LogP contribution in [0.1, 0.15) is 40.5 Å². The van der Waals surface area contributed by atoms with Crippen molar-refractivity contribution in [1.29, 1.82) is 0 Å². The molecule has 0 bridgehead atoms. The summed E-state index contributed by atoms with van der Waals surface area (Å²) >= 11 is 0. The Morgan fingerprint density at radius 3 is 2.88 bits per heavy atom. The van der Waals surface area contributed by atoms with Crippen molar-refractivity contribution in [3.8, 4) is 0 Å². The maximum atomic E-state index is 5.64. The molecule has 0 aromatic carbocycles. The lowest BCUT2D eigenvalue weighted by atomic mass is 10.0. The van der Waals surface area contributed by atoms with Gasteiger partial charge in [0.25, 0.3) is 0 Å². The molecule has 0 saturated carbocycles.